The van der Waals surface area contributed by atoms with Crippen LogP contribution in [0, 0.1) is 5.82 Å². The van der Waals surface area contributed by atoms with Crippen molar-refractivity contribution in [3.8, 4) is 0 Å². The summed E-state index contributed by atoms with van der Waals surface area (Å²) < 4.78 is 14.9. The van der Waals surface area contributed by atoms with Crippen molar-refractivity contribution in [3.63, 3.8) is 0 Å². The lowest BCUT2D eigenvalue weighted by Gasteiger charge is -2.13. The number of hydrogen-bond acceptors (Lipinski definition) is 2. The van der Waals surface area contributed by atoms with Crippen molar-refractivity contribution in [2.24, 2.45) is 4.99 Å². The number of hydrogen-bond donors (Lipinski definition) is 2. The Morgan fingerprint density at radius 3 is 2.54 bits per heavy atom. The molecule has 0 saturated carbocycles. The molecule has 0 aliphatic heterocycles. The van der Waals surface area contributed by atoms with E-state index in [1.165, 1.54) is 23.3 Å². The van der Waals surface area contributed by atoms with Crippen molar-refractivity contribution in [2.75, 3.05) is 13.1 Å². The Hall–Kier alpha value is -3.15. The zero-order chi connectivity index (χ0) is 19.6. The van der Waals surface area contributed by atoms with Crippen molar-refractivity contribution in [2.45, 2.75) is 26.4 Å². The number of rotatable bonds is 8. The molecule has 2 aromatic carbocycles. The molecule has 3 aromatic rings. The van der Waals surface area contributed by atoms with E-state index in [0.29, 0.717) is 6.54 Å². The standard InChI is InChI=1S/C22H26FN5/c1-2-24-22(25-14-12-18-8-10-21(23)11-9-18)26-16-19-6-3-4-7-20(19)17-28-15-5-13-27-28/h3-11,13,15H,2,12,14,16-17H2,1H3,(H2,24,25,26). The van der Waals surface area contributed by atoms with E-state index >= 15 is 0 Å². The number of nitrogens with one attached hydrogen (secondary N) is 2. The van der Waals surface area contributed by atoms with Crippen LogP contribution in [-0.4, -0.2) is 28.8 Å². The average molecular weight is 379 g/mol. The van der Waals surface area contributed by atoms with E-state index in [4.69, 9.17) is 4.99 Å². The fraction of sp³-hybridized carbons (Fsp3) is 0.273. The minimum atomic E-state index is -0.208. The van der Waals surface area contributed by atoms with Gasteiger partial charge in [0.2, 0.25) is 0 Å². The Labute approximate surface area is 165 Å². The Balaban J connectivity index is 1.60. The van der Waals surface area contributed by atoms with Crippen LogP contribution in [0.5, 0.6) is 0 Å². The van der Waals surface area contributed by atoms with E-state index in [-0.39, 0.29) is 5.82 Å². The smallest absolute Gasteiger partial charge is 0.191 e. The van der Waals surface area contributed by atoms with E-state index in [1.807, 2.05) is 48.1 Å². The second-order valence-corrected chi connectivity index (χ2v) is 6.47. The van der Waals surface area contributed by atoms with Gasteiger partial charge in [0, 0.05) is 25.5 Å². The number of halogens is 1. The van der Waals surface area contributed by atoms with Crippen LogP contribution in [-0.2, 0) is 19.5 Å². The average Bonchev–Trinajstić information content (AvgIpc) is 3.22. The Kier molecular flexibility index (Phi) is 7.18. The minimum Gasteiger partial charge on any atom is -0.357 e. The van der Waals surface area contributed by atoms with Crippen molar-refractivity contribution in [1.29, 1.82) is 0 Å². The van der Waals surface area contributed by atoms with E-state index in [9.17, 15) is 4.39 Å². The van der Waals surface area contributed by atoms with E-state index < -0.39 is 0 Å². The molecule has 2 N–H and O–H groups in total. The first kappa shape index (κ1) is 19.6. The monoisotopic (exact) mass is 379 g/mol. The molecule has 0 unspecified atom stereocenters. The summed E-state index contributed by atoms with van der Waals surface area (Å²) in [6, 6.07) is 16.8. The molecule has 1 aromatic heterocycles. The van der Waals surface area contributed by atoms with Crippen molar-refractivity contribution in [1.82, 2.24) is 20.4 Å². The summed E-state index contributed by atoms with van der Waals surface area (Å²) in [6.07, 6.45) is 4.55. The number of benzene rings is 2. The van der Waals surface area contributed by atoms with Crippen LogP contribution in [0.15, 0.2) is 72.0 Å². The highest BCUT2D eigenvalue weighted by Crippen LogP contribution is 2.11. The second kappa shape index (κ2) is 10.3. The molecule has 0 spiro atoms. The van der Waals surface area contributed by atoms with Crippen LogP contribution in [0.2, 0.25) is 0 Å². The molecule has 0 aliphatic carbocycles. The third-order valence-corrected chi connectivity index (χ3v) is 4.38. The molecule has 0 bridgehead atoms. The number of guanidine groups is 1. The first-order valence-corrected chi connectivity index (χ1v) is 9.55. The zero-order valence-corrected chi connectivity index (χ0v) is 16.1. The SMILES string of the molecule is CCNC(=NCc1ccccc1Cn1cccn1)NCCc1ccc(F)cc1. The first-order chi connectivity index (χ1) is 13.7. The van der Waals surface area contributed by atoms with Gasteiger partial charge >= 0.3 is 0 Å². The molecule has 0 radical (unpaired) electrons. The summed E-state index contributed by atoms with van der Waals surface area (Å²) in [7, 11) is 0. The largest absolute Gasteiger partial charge is 0.357 e. The molecule has 0 fully saturated rings. The zero-order valence-electron chi connectivity index (χ0n) is 16.1. The highest BCUT2D eigenvalue weighted by molar-refractivity contribution is 5.79. The van der Waals surface area contributed by atoms with Crippen LogP contribution < -0.4 is 10.6 Å². The van der Waals surface area contributed by atoms with E-state index in [1.54, 1.807) is 6.20 Å². The van der Waals surface area contributed by atoms with Crippen molar-refractivity contribution >= 4 is 5.96 Å². The predicted molar refractivity (Wildman–Crippen MR) is 111 cm³/mol. The van der Waals surface area contributed by atoms with Gasteiger partial charge in [-0.3, -0.25) is 4.68 Å². The molecule has 5 nitrogen and oxygen atoms in total. The Morgan fingerprint density at radius 1 is 1.04 bits per heavy atom. The number of nitrogens with zero attached hydrogens (tertiary/aromatic N) is 3. The van der Waals surface area contributed by atoms with Crippen LogP contribution in [0.4, 0.5) is 4.39 Å². The highest BCUT2D eigenvalue weighted by Gasteiger charge is 2.04. The number of aromatic nitrogens is 2. The van der Waals surface area contributed by atoms with Gasteiger partial charge in [0.05, 0.1) is 13.1 Å². The van der Waals surface area contributed by atoms with Gasteiger partial charge < -0.3 is 10.6 Å². The van der Waals surface area contributed by atoms with Crippen molar-refractivity contribution < 1.29 is 4.39 Å². The number of aliphatic imine (C=N–C) groups is 1. The van der Waals surface area contributed by atoms with Gasteiger partial charge in [-0.2, -0.15) is 5.10 Å². The summed E-state index contributed by atoms with van der Waals surface area (Å²) >= 11 is 0. The van der Waals surface area contributed by atoms with Crippen LogP contribution in [0.25, 0.3) is 0 Å². The maximum absolute atomic E-state index is 13.0. The Bertz CT molecular complexity index is 872. The van der Waals surface area contributed by atoms with Crippen molar-refractivity contribution in [3.05, 3.63) is 89.5 Å². The molecule has 146 valence electrons. The summed E-state index contributed by atoms with van der Waals surface area (Å²) in [5, 5.41) is 10.9. The third kappa shape index (κ3) is 5.94. The summed E-state index contributed by atoms with van der Waals surface area (Å²) in [5.41, 5.74) is 3.47. The lowest BCUT2D eigenvalue weighted by atomic mass is 10.1. The molecular formula is C22H26FN5. The van der Waals surface area contributed by atoms with Crippen LogP contribution in [0.3, 0.4) is 0 Å². The second-order valence-electron chi connectivity index (χ2n) is 6.47. The van der Waals surface area contributed by atoms with Crippen LogP contribution >= 0.6 is 0 Å². The van der Waals surface area contributed by atoms with Gasteiger partial charge in [0.15, 0.2) is 5.96 Å². The first-order valence-electron chi connectivity index (χ1n) is 9.55. The van der Waals surface area contributed by atoms with Crippen LogP contribution in [0.1, 0.15) is 23.6 Å². The summed E-state index contributed by atoms with van der Waals surface area (Å²) in [6.45, 7) is 4.88. The maximum Gasteiger partial charge on any atom is 0.191 e. The molecular weight excluding hydrogens is 353 g/mol. The molecule has 0 saturated heterocycles. The summed E-state index contributed by atoms with van der Waals surface area (Å²) in [4.78, 5) is 4.72. The molecule has 28 heavy (non-hydrogen) atoms. The van der Waals surface area contributed by atoms with Gasteiger partial charge in [0.1, 0.15) is 5.82 Å². The van der Waals surface area contributed by atoms with Gasteiger partial charge in [-0.1, -0.05) is 36.4 Å². The Morgan fingerprint density at radius 2 is 1.82 bits per heavy atom. The topological polar surface area (TPSA) is 54.2 Å². The minimum absolute atomic E-state index is 0.208. The molecule has 3 rings (SSSR count). The van der Waals surface area contributed by atoms with Gasteiger partial charge in [-0.15, -0.1) is 0 Å². The van der Waals surface area contributed by atoms with Gasteiger partial charge in [-0.05, 0) is 48.2 Å². The lowest BCUT2D eigenvalue weighted by molar-refractivity contribution is 0.626. The fourth-order valence-electron chi connectivity index (χ4n) is 2.92. The highest BCUT2D eigenvalue weighted by atomic mass is 19.1. The molecule has 0 aliphatic rings. The van der Waals surface area contributed by atoms with Gasteiger partial charge in [-0.25, -0.2) is 9.38 Å². The fourth-order valence-corrected chi connectivity index (χ4v) is 2.92. The quantitative estimate of drug-likeness (QED) is 0.466. The normalized spacial score (nSPS) is 11.4. The molecule has 0 amide bonds. The molecule has 6 heteroatoms. The maximum atomic E-state index is 13.0. The summed E-state index contributed by atoms with van der Waals surface area (Å²) in [5.74, 6) is 0.568. The lowest BCUT2D eigenvalue weighted by Crippen LogP contribution is -2.38. The van der Waals surface area contributed by atoms with E-state index in [2.05, 4.69) is 27.9 Å². The van der Waals surface area contributed by atoms with Gasteiger partial charge in [0.25, 0.3) is 0 Å². The molecule has 0 atom stereocenters. The predicted octanol–water partition coefficient (Wildman–Crippen LogP) is 3.37. The third-order valence-electron chi connectivity index (χ3n) is 4.38. The van der Waals surface area contributed by atoms with E-state index in [0.717, 1.165) is 37.6 Å². The molecule has 1 heterocycles.